The molecule has 2 atom stereocenters. The molecule has 6 nitrogen and oxygen atoms in total. The predicted octanol–water partition coefficient (Wildman–Crippen LogP) is 3.14. The van der Waals surface area contributed by atoms with Gasteiger partial charge < -0.3 is 19.9 Å². The molecular formula is C20H23NO5. The minimum atomic E-state index is -1.11. The lowest BCUT2D eigenvalue weighted by Gasteiger charge is -2.17. The fourth-order valence-electron chi connectivity index (χ4n) is 2.63. The van der Waals surface area contributed by atoms with Gasteiger partial charge in [-0.3, -0.25) is 4.79 Å². The number of carboxylic acid groups (broad SMARTS) is 1. The van der Waals surface area contributed by atoms with E-state index in [9.17, 15) is 14.7 Å². The van der Waals surface area contributed by atoms with E-state index in [-0.39, 0.29) is 18.2 Å². The molecule has 0 aliphatic rings. The van der Waals surface area contributed by atoms with Crippen LogP contribution in [0.25, 0.3) is 0 Å². The van der Waals surface area contributed by atoms with E-state index in [1.807, 2.05) is 31.2 Å². The van der Waals surface area contributed by atoms with Crippen LogP contribution >= 0.6 is 0 Å². The number of aliphatic carboxylic acids is 1. The van der Waals surface area contributed by atoms with Crippen molar-refractivity contribution >= 4 is 11.9 Å². The van der Waals surface area contributed by atoms with Crippen molar-refractivity contribution in [3.8, 4) is 11.5 Å². The summed E-state index contributed by atoms with van der Waals surface area (Å²) >= 11 is 0. The number of amides is 1. The van der Waals surface area contributed by atoms with Crippen molar-refractivity contribution in [2.75, 3.05) is 14.2 Å². The Kier molecular flexibility index (Phi) is 6.60. The first kappa shape index (κ1) is 19.3. The van der Waals surface area contributed by atoms with E-state index in [0.717, 1.165) is 11.3 Å². The van der Waals surface area contributed by atoms with Gasteiger partial charge >= 0.3 is 5.97 Å². The largest absolute Gasteiger partial charge is 0.497 e. The molecule has 0 fully saturated rings. The molecule has 2 unspecified atom stereocenters. The average Bonchev–Trinajstić information content (AvgIpc) is 2.66. The summed E-state index contributed by atoms with van der Waals surface area (Å²) in [6, 6.07) is 13.0. The number of benzene rings is 2. The van der Waals surface area contributed by atoms with Crippen LogP contribution in [0.5, 0.6) is 11.5 Å². The quantitative estimate of drug-likeness (QED) is 0.758. The Bertz CT molecular complexity index is 740. The van der Waals surface area contributed by atoms with E-state index in [4.69, 9.17) is 9.47 Å². The van der Waals surface area contributed by atoms with Gasteiger partial charge in [-0.25, -0.2) is 4.79 Å². The van der Waals surface area contributed by atoms with Gasteiger partial charge in [0.15, 0.2) is 6.04 Å². The van der Waals surface area contributed by atoms with Crippen LogP contribution in [0.2, 0.25) is 0 Å². The van der Waals surface area contributed by atoms with Crippen molar-refractivity contribution in [2.24, 2.45) is 0 Å². The highest BCUT2D eigenvalue weighted by atomic mass is 16.5. The second-order valence-corrected chi connectivity index (χ2v) is 5.99. The van der Waals surface area contributed by atoms with Gasteiger partial charge in [-0.15, -0.1) is 0 Å². The molecule has 0 saturated heterocycles. The number of carboxylic acids is 1. The molecule has 0 radical (unpaired) electrons. The highest BCUT2D eigenvalue weighted by Gasteiger charge is 2.23. The Hall–Kier alpha value is -3.02. The Labute approximate surface area is 152 Å². The molecular weight excluding hydrogens is 334 g/mol. The Morgan fingerprint density at radius 1 is 0.923 bits per heavy atom. The Balaban J connectivity index is 2.03. The first-order chi connectivity index (χ1) is 12.4. The third-order valence-corrected chi connectivity index (χ3v) is 4.18. The van der Waals surface area contributed by atoms with Crippen LogP contribution in [0.15, 0.2) is 48.5 Å². The van der Waals surface area contributed by atoms with Crippen LogP contribution in [-0.4, -0.2) is 31.2 Å². The van der Waals surface area contributed by atoms with E-state index in [0.29, 0.717) is 11.3 Å². The standard InChI is InChI=1S/C20H23NO5/c1-13(14-4-8-16(25-2)9-5-14)12-18(22)21-19(20(23)24)15-6-10-17(26-3)11-7-15/h4-11,13,19H,12H2,1-3H3,(H,21,22)(H,23,24). The zero-order valence-electron chi connectivity index (χ0n) is 15.1. The summed E-state index contributed by atoms with van der Waals surface area (Å²) in [5.41, 5.74) is 1.47. The molecule has 138 valence electrons. The lowest BCUT2D eigenvalue weighted by Crippen LogP contribution is -2.34. The molecule has 0 aromatic heterocycles. The minimum absolute atomic E-state index is 0.0498. The monoisotopic (exact) mass is 357 g/mol. The molecule has 0 spiro atoms. The van der Waals surface area contributed by atoms with Gasteiger partial charge in [0.1, 0.15) is 11.5 Å². The van der Waals surface area contributed by atoms with Gasteiger partial charge in [0.05, 0.1) is 14.2 Å². The van der Waals surface area contributed by atoms with Gasteiger partial charge in [0.2, 0.25) is 5.91 Å². The van der Waals surface area contributed by atoms with Crippen molar-refractivity contribution in [1.82, 2.24) is 5.32 Å². The van der Waals surface area contributed by atoms with Crippen molar-refractivity contribution in [3.63, 3.8) is 0 Å². The third kappa shape index (κ3) is 4.99. The number of carbonyl (C=O) groups is 2. The fraction of sp³-hybridized carbons (Fsp3) is 0.300. The Morgan fingerprint density at radius 2 is 1.38 bits per heavy atom. The second-order valence-electron chi connectivity index (χ2n) is 5.99. The number of nitrogens with one attached hydrogen (secondary N) is 1. The lowest BCUT2D eigenvalue weighted by atomic mass is 9.97. The predicted molar refractivity (Wildman–Crippen MR) is 97.5 cm³/mol. The zero-order valence-corrected chi connectivity index (χ0v) is 15.1. The normalized spacial score (nSPS) is 12.7. The van der Waals surface area contributed by atoms with Crippen molar-refractivity contribution in [2.45, 2.75) is 25.3 Å². The molecule has 0 heterocycles. The molecule has 0 bridgehead atoms. The molecule has 0 aliphatic heterocycles. The molecule has 6 heteroatoms. The smallest absolute Gasteiger partial charge is 0.330 e. The molecule has 2 N–H and O–H groups in total. The van der Waals surface area contributed by atoms with Gasteiger partial charge in [-0.1, -0.05) is 31.2 Å². The minimum Gasteiger partial charge on any atom is -0.497 e. The van der Waals surface area contributed by atoms with Crippen molar-refractivity contribution in [3.05, 3.63) is 59.7 Å². The van der Waals surface area contributed by atoms with Crippen molar-refractivity contribution in [1.29, 1.82) is 0 Å². The van der Waals surface area contributed by atoms with Gasteiger partial charge in [-0.05, 0) is 41.3 Å². The topological polar surface area (TPSA) is 84.9 Å². The van der Waals surface area contributed by atoms with Gasteiger partial charge in [-0.2, -0.15) is 0 Å². The fourth-order valence-corrected chi connectivity index (χ4v) is 2.63. The summed E-state index contributed by atoms with van der Waals surface area (Å²) < 4.78 is 10.2. The maximum absolute atomic E-state index is 12.3. The lowest BCUT2D eigenvalue weighted by molar-refractivity contribution is -0.142. The third-order valence-electron chi connectivity index (χ3n) is 4.18. The summed E-state index contributed by atoms with van der Waals surface area (Å²) in [5.74, 6) is -0.114. The first-order valence-corrected chi connectivity index (χ1v) is 8.24. The molecule has 0 saturated carbocycles. The molecule has 26 heavy (non-hydrogen) atoms. The maximum atomic E-state index is 12.3. The SMILES string of the molecule is COc1ccc(C(C)CC(=O)NC(C(=O)O)c2ccc(OC)cc2)cc1. The summed E-state index contributed by atoms with van der Waals surface area (Å²) in [5, 5.41) is 12.0. The highest BCUT2D eigenvalue weighted by molar-refractivity contribution is 5.85. The van der Waals surface area contributed by atoms with Gasteiger partial charge in [0.25, 0.3) is 0 Å². The molecule has 0 aliphatic carbocycles. The van der Waals surface area contributed by atoms with E-state index in [1.165, 1.54) is 7.11 Å². The summed E-state index contributed by atoms with van der Waals surface area (Å²) in [6.07, 6.45) is 0.187. The van der Waals surface area contributed by atoms with E-state index in [1.54, 1.807) is 31.4 Å². The maximum Gasteiger partial charge on any atom is 0.330 e. The summed E-state index contributed by atoms with van der Waals surface area (Å²) in [4.78, 5) is 23.9. The number of methoxy groups -OCH3 is 2. The molecule has 2 aromatic carbocycles. The Morgan fingerprint density at radius 3 is 1.81 bits per heavy atom. The van der Waals surface area contributed by atoms with Crippen LogP contribution < -0.4 is 14.8 Å². The van der Waals surface area contributed by atoms with Crippen LogP contribution in [0.3, 0.4) is 0 Å². The van der Waals surface area contributed by atoms with E-state index < -0.39 is 12.0 Å². The van der Waals surface area contributed by atoms with Crippen molar-refractivity contribution < 1.29 is 24.2 Å². The summed E-state index contributed by atoms with van der Waals surface area (Å²) in [6.45, 7) is 1.92. The number of rotatable bonds is 8. The number of hydrogen-bond donors (Lipinski definition) is 2. The van der Waals surface area contributed by atoms with E-state index in [2.05, 4.69) is 5.32 Å². The molecule has 2 aromatic rings. The van der Waals surface area contributed by atoms with Crippen LogP contribution in [-0.2, 0) is 9.59 Å². The van der Waals surface area contributed by atoms with E-state index >= 15 is 0 Å². The highest BCUT2D eigenvalue weighted by Crippen LogP contribution is 2.23. The molecule has 1 amide bonds. The first-order valence-electron chi connectivity index (χ1n) is 8.24. The van der Waals surface area contributed by atoms with Crippen LogP contribution in [0.4, 0.5) is 0 Å². The number of carbonyl (C=O) groups excluding carboxylic acids is 1. The number of hydrogen-bond acceptors (Lipinski definition) is 4. The van der Waals surface area contributed by atoms with Gasteiger partial charge in [0, 0.05) is 6.42 Å². The number of ether oxygens (including phenoxy) is 2. The summed E-state index contributed by atoms with van der Waals surface area (Å²) in [7, 11) is 3.13. The average molecular weight is 357 g/mol. The van der Waals surface area contributed by atoms with Crippen LogP contribution in [0, 0.1) is 0 Å². The van der Waals surface area contributed by atoms with Crippen LogP contribution in [0.1, 0.15) is 36.4 Å². The second kappa shape index (κ2) is 8.89. The molecule has 2 rings (SSSR count). The zero-order chi connectivity index (χ0) is 19.1.